The number of hydrogen-bond acceptors (Lipinski definition) is 3. The summed E-state index contributed by atoms with van der Waals surface area (Å²) in [5.41, 5.74) is 12.9. The molecule has 1 fully saturated rings. The van der Waals surface area contributed by atoms with E-state index in [1.807, 2.05) is 59.2 Å². The molecule has 0 unspecified atom stereocenters. The van der Waals surface area contributed by atoms with Crippen molar-refractivity contribution in [2.75, 3.05) is 22.9 Å². The predicted molar refractivity (Wildman–Crippen MR) is 174 cm³/mol. The molecule has 4 aromatic rings. The molecule has 6 heteroatoms. The Morgan fingerprint density at radius 1 is 0.707 bits per heavy atom. The Hall–Kier alpha value is -2.65. The standard InChI is InChI=1S/C21H27N2.C14H12O.2ClH.Ru/c1-14-9-16(3)20(17(4)10-14)22-7-8-23(13-22)21-18(5)11-15(2)12-19(21)6;1-12-7-5-6-10-14(12)15-11-13-8-3-2-4-9-13;;;/h9-13H,7-8H2,1-6H3;1-10H,11H2;2*1H;/q-1;;;;+2/p-2. The summed E-state index contributed by atoms with van der Waals surface area (Å²) in [6.07, 6.45) is 0. The van der Waals surface area contributed by atoms with Gasteiger partial charge in [0.2, 0.25) is 0 Å². The van der Waals surface area contributed by atoms with Crippen molar-refractivity contribution < 1.29 is 18.3 Å². The normalized spacial score (nSPS) is 13.0. The molecule has 0 atom stereocenters. The van der Waals surface area contributed by atoms with Gasteiger partial charge in [-0.1, -0.05) is 35.4 Å². The van der Waals surface area contributed by atoms with Gasteiger partial charge in [-0.25, -0.2) is 0 Å². The van der Waals surface area contributed by atoms with E-state index in [-0.39, 0.29) is 0 Å². The zero-order valence-corrected chi connectivity index (χ0v) is 27.9. The molecule has 3 nitrogen and oxygen atoms in total. The van der Waals surface area contributed by atoms with Crippen LogP contribution in [0.2, 0.25) is 0 Å². The molecule has 0 aromatic heterocycles. The van der Waals surface area contributed by atoms with Crippen LogP contribution < -0.4 is 14.5 Å². The third-order valence-electron chi connectivity index (χ3n) is 7.05. The number of rotatable bonds is 6. The quantitative estimate of drug-likeness (QED) is 0.150. The Morgan fingerprint density at radius 2 is 1.17 bits per heavy atom. The molecule has 0 amide bonds. The topological polar surface area (TPSA) is 15.7 Å². The van der Waals surface area contributed by atoms with Crippen LogP contribution in [0.4, 0.5) is 11.4 Å². The van der Waals surface area contributed by atoms with Gasteiger partial charge in [0.05, 0.1) is 0 Å². The van der Waals surface area contributed by atoms with Crippen molar-refractivity contribution in [1.82, 2.24) is 0 Å². The number of hydrogen-bond donors (Lipinski definition) is 0. The molecule has 0 aliphatic carbocycles. The van der Waals surface area contributed by atoms with E-state index in [0.29, 0.717) is 6.61 Å². The van der Waals surface area contributed by atoms with Crippen LogP contribution in [0.5, 0.6) is 5.75 Å². The van der Waals surface area contributed by atoms with Gasteiger partial charge in [-0.15, -0.1) is 0 Å². The van der Waals surface area contributed by atoms with Crippen molar-refractivity contribution in [2.45, 2.75) is 48.1 Å². The van der Waals surface area contributed by atoms with Crippen molar-refractivity contribution in [3.8, 4) is 5.75 Å². The second-order valence-electron chi connectivity index (χ2n) is 10.6. The Kier molecular flexibility index (Phi) is 11.1. The number of halogens is 2. The fourth-order valence-corrected chi connectivity index (χ4v) is 7.41. The maximum atomic E-state index is 5.90. The fraction of sp³-hybridized carbons (Fsp3) is 0.257. The Labute approximate surface area is 259 Å². The van der Waals surface area contributed by atoms with Gasteiger partial charge < -0.3 is 9.80 Å². The van der Waals surface area contributed by atoms with E-state index in [0.717, 1.165) is 30.0 Å². The molecule has 1 saturated heterocycles. The summed E-state index contributed by atoms with van der Waals surface area (Å²) < 4.78 is 7.70. The van der Waals surface area contributed by atoms with E-state index >= 15 is 0 Å². The molecule has 1 aliphatic heterocycles. The van der Waals surface area contributed by atoms with Crippen LogP contribution in [-0.4, -0.2) is 17.7 Å². The van der Waals surface area contributed by atoms with Gasteiger partial charge in [0.25, 0.3) is 0 Å². The second kappa shape index (κ2) is 14.5. The first-order chi connectivity index (χ1) is 19.6. The molecule has 4 aromatic carbocycles. The van der Waals surface area contributed by atoms with Gasteiger partial charge in [-0.3, -0.25) is 0 Å². The summed E-state index contributed by atoms with van der Waals surface area (Å²) >= 11 is -1.82. The molecule has 1 aliphatic rings. The maximum absolute atomic E-state index is 5.90. The minimum atomic E-state index is -1.82. The van der Waals surface area contributed by atoms with Gasteiger partial charge in [0.1, 0.15) is 0 Å². The zero-order chi connectivity index (χ0) is 29.5. The molecule has 41 heavy (non-hydrogen) atoms. The van der Waals surface area contributed by atoms with Crippen molar-refractivity contribution in [3.63, 3.8) is 0 Å². The van der Waals surface area contributed by atoms with Crippen molar-refractivity contribution in [3.05, 3.63) is 130 Å². The number of benzene rings is 4. The van der Waals surface area contributed by atoms with E-state index in [1.165, 1.54) is 44.8 Å². The number of aryl methyl sites for hydroxylation is 6. The summed E-state index contributed by atoms with van der Waals surface area (Å²) in [4.78, 5) is 4.81. The predicted octanol–water partition coefficient (Wildman–Crippen LogP) is 9.32. The van der Waals surface area contributed by atoms with Crippen molar-refractivity contribution >= 4 is 35.4 Å². The van der Waals surface area contributed by atoms with E-state index in [1.54, 1.807) is 0 Å². The molecule has 0 radical (unpaired) electrons. The summed E-state index contributed by atoms with van der Waals surface area (Å²) in [6, 6.07) is 27.0. The van der Waals surface area contributed by atoms with Crippen LogP contribution >= 0.6 is 19.4 Å². The Bertz CT molecular complexity index is 1410. The van der Waals surface area contributed by atoms with Crippen molar-refractivity contribution in [2.24, 2.45) is 0 Å². The summed E-state index contributed by atoms with van der Waals surface area (Å²) in [5.74, 6) is 0.821. The average Bonchev–Trinajstić information content (AvgIpc) is 3.36. The van der Waals surface area contributed by atoms with Crippen molar-refractivity contribution in [1.29, 1.82) is 0 Å². The number of nitrogens with zero attached hydrogens (tertiary/aromatic N) is 2. The molecule has 0 spiro atoms. The first-order valence-corrected chi connectivity index (χ1v) is 19.2. The molecule has 0 bridgehead atoms. The minimum absolute atomic E-state index is 0.545. The molecule has 5 rings (SSSR count). The van der Waals surface area contributed by atoms with Gasteiger partial charge in [0.15, 0.2) is 0 Å². The van der Waals surface area contributed by atoms with Crippen LogP contribution in [0, 0.1) is 48.2 Å². The molecule has 0 saturated carbocycles. The first kappa shape index (κ1) is 31.3. The number of ether oxygens (including phenoxy) is 1. The SMILES string of the molecule is Cc1cc(C)c(N2[CH-]N(c3c(C)cc(C)cc3C)CC2)c(C)c1.[Cl][Ru]([Cl])=[CH]c1ccccc1OCc1ccccc1. The third-order valence-corrected chi connectivity index (χ3v) is 8.88. The Morgan fingerprint density at radius 3 is 1.66 bits per heavy atom. The molecular weight excluding hydrogens is 636 g/mol. The third kappa shape index (κ3) is 8.44. The summed E-state index contributed by atoms with van der Waals surface area (Å²) in [7, 11) is 11.8. The van der Waals surface area contributed by atoms with E-state index in [2.05, 4.69) is 82.3 Å². The van der Waals surface area contributed by atoms with E-state index in [9.17, 15) is 0 Å². The Balaban J connectivity index is 0.000000195. The van der Waals surface area contributed by atoms with Gasteiger partial charge in [-0.05, 0) is 63.8 Å². The van der Waals surface area contributed by atoms with Crippen LogP contribution in [0.15, 0.2) is 78.9 Å². The molecule has 0 N–H and O–H groups in total. The van der Waals surface area contributed by atoms with E-state index in [4.69, 9.17) is 24.1 Å². The molecule has 218 valence electrons. The zero-order valence-electron chi connectivity index (χ0n) is 24.7. The summed E-state index contributed by atoms with van der Waals surface area (Å²) in [6.45, 7) is 18.1. The second-order valence-corrected chi connectivity index (χ2v) is 16.3. The van der Waals surface area contributed by atoms with Crippen LogP contribution in [0.3, 0.4) is 0 Å². The number of para-hydroxylation sites is 1. The first-order valence-electron chi connectivity index (χ1n) is 13.7. The van der Waals surface area contributed by atoms with Crippen LogP contribution in [0.1, 0.15) is 44.5 Å². The molecular formula is C35H39Cl2N2ORu-. The molecule has 1 heterocycles. The van der Waals surface area contributed by atoms with E-state index < -0.39 is 13.5 Å². The monoisotopic (exact) mass is 675 g/mol. The fourth-order valence-electron chi connectivity index (χ4n) is 5.60. The van der Waals surface area contributed by atoms with Gasteiger partial charge in [-0.2, -0.15) is 6.67 Å². The number of anilines is 2. The van der Waals surface area contributed by atoms with Gasteiger partial charge >= 0.3 is 120 Å². The average molecular weight is 676 g/mol. The van der Waals surface area contributed by atoms with Crippen LogP contribution in [0.25, 0.3) is 0 Å². The van der Waals surface area contributed by atoms with Gasteiger partial charge in [0, 0.05) is 24.5 Å². The summed E-state index contributed by atoms with van der Waals surface area (Å²) in [5, 5.41) is 0. The van der Waals surface area contributed by atoms with Crippen LogP contribution in [-0.2, 0) is 20.1 Å².